The van der Waals surface area contributed by atoms with Crippen molar-refractivity contribution in [2.24, 2.45) is 0 Å². The van der Waals surface area contributed by atoms with Gasteiger partial charge in [-0.3, -0.25) is 9.59 Å². The fourth-order valence-electron chi connectivity index (χ4n) is 4.00. The summed E-state index contributed by atoms with van der Waals surface area (Å²) in [4.78, 5) is 35.0. The minimum absolute atomic E-state index is 0.0402. The molecule has 194 valence electrons. The van der Waals surface area contributed by atoms with Crippen LogP contribution in [-0.4, -0.2) is 72.5 Å². The average Bonchev–Trinajstić information content (AvgIpc) is 2.90. The van der Waals surface area contributed by atoms with Gasteiger partial charge in [0.2, 0.25) is 11.8 Å². The van der Waals surface area contributed by atoms with E-state index in [1.807, 2.05) is 44.3 Å². The molecule has 9 heteroatoms. The van der Waals surface area contributed by atoms with Crippen molar-refractivity contribution in [3.05, 3.63) is 88.6 Å². The topological polar surface area (TPSA) is 84.0 Å². The second-order valence-electron chi connectivity index (χ2n) is 9.02. The highest BCUT2D eigenvalue weighted by Gasteiger charge is 2.29. The van der Waals surface area contributed by atoms with Crippen LogP contribution in [0.3, 0.4) is 0 Å². The van der Waals surface area contributed by atoms with E-state index in [9.17, 15) is 9.59 Å². The van der Waals surface area contributed by atoms with Crippen molar-refractivity contribution < 1.29 is 19.1 Å². The smallest absolute Gasteiger partial charge is 0.257 e. The van der Waals surface area contributed by atoms with Gasteiger partial charge in [-0.15, -0.1) is 0 Å². The van der Waals surface area contributed by atoms with Crippen LogP contribution in [0.5, 0.6) is 11.6 Å². The monoisotopic (exact) mass is 522 g/mol. The lowest BCUT2D eigenvalue weighted by Gasteiger charge is -2.34. The molecule has 2 amide bonds. The first-order valence-electron chi connectivity index (χ1n) is 12.2. The maximum Gasteiger partial charge on any atom is 0.257 e. The normalized spacial score (nSPS) is 14.7. The van der Waals surface area contributed by atoms with Gasteiger partial charge >= 0.3 is 0 Å². The fourth-order valence-corrected chi connectivity index (χ4v) is 4.23. The van der Waals surface area contributed by atoms with Gasteiger partial charge in [-0.05, 0) is 55.4 Å². The summed E-state index contributed by atoms with van der Waals surface area (Å²) in [5.41, 5.74) is 2.01. The number of aromatic nitrogens is 1. The van der Waals surface area contributed by atoms with E-state index in [0.717, 1.165) is 24.2 Å². The zero-order valence-electron chi connectivity index (χ0n) is 21.0. The number of ether oxygens (including phenoxy) is 2. The van der Waals surface area contributed by atoms with Crippen LogP contribution < -0.4 is 10.1 Å². The Bertz CT molecular complexity index is 1220. The van der Waals surface area contributed by atoms with Gasteiger partial charge in [-0.25, -0.2) is 4.98 Å². The Balaban J connectivity index is 1.49. The minimum Gasteiger partial charge on any atom is -0.438 e. The van der Waals surface area contributed by atoms with Crippen LogP contribution in [0.1, 0.15) is 21.5 Å². The zero-order chi connectivity index (χ0) is 26.2. The molecule has 0 aliphatic carbocycles. The number of nitrogens with zero attached hydrogens (tertiary/aromatic N) is 3. The number of hydrogen-bond acceptors (Lipinski definition) is 6. The minimum atomic E-state index is -0.857. The highest BCUT2D eigenvalue weighted by molar-refractivity contribution is 6.30. The lowest BCUT2D eigenvalue weighted by molar-refractivity contribution is -0.136. The van der Waals surface area contributed by atoms with E-state index in [4.69, 9.17) is 21.1 Å². The number of aryl methyl sites for hydroxylation is 1. The summed E-state index contributed by atoms with van der Waals surface area (Å²) in [6.45, 7) is 4.98. The number of hydrogen-bond donors (Lipinski definition) is 1. The number of likely N-dealkylation sites (N-methyl/N-ethyl adjacent to an activating group) is 1. The highest BCUT2D eigenvalue weighted by atomic mass is 35.5. The van der Waals surface area contributed by atoms with Gasteiger partial charge in [0, 0.05) is 37.4 Å². The number of rotatable bonds is 9. The summed E-state index contributed by atoms with van der Waals surface area (Å²) in [6, 6.07) is 17.3. The molecule has 0 radical (unpaired) electrons. The van der Waals surface area contributed by atoms with Crippen molar-refractivity contribution >= 4 is 23.4 Å². The first-order chi connectivity index (χ1) is 17.9. The zero-order valence-corrected chi connectivity index (χ0v) is 21.8. The Morgan fingerprint density at radius 3 is 2.54 bits per heavy atom. The molecule has 0 bridgehead atoms. The van der Waals surface area contributed by atoms with Crippen LogP contribution in [0, 0.1) is 6.92 Å². The van der Waals surface area contributed by atoms with Crippen LogP contribution in [0.15, 0.2) is 66.9 Å². The molecule has 1 N–H and O–H groups in total. The van der Waals surface area contributed by atoms with E-state index in [-0.39, 0.29) is 24.0 Å². The maximum atomic E-state index is 13.4. The molecule has 1 aromatic heterocycles. The molecule has 0 saturated carbocycles. The number of amides is 2. The van der Waals surface area contributed by atoms with Crippen molar-refractivity contribution in [1.29, 1.82) is 0 Å². The third-order valence-corrected chi connectivity index (χ3v) is 6.41. The SMILES string of the molecule is Cc1cc(Cl)ccc1Oc1ncccc1C(=O)N[C@H](COCc1ccccc1)C(=O)N1CCN(C)CC1. The van der Waals surface area contributed by atoms with Gasteiger partial charge in [-0.1, -0.05) is 41.9 Å². The van der Waals surface area contributed by atoms with Gasteiger partial charge in [0.1, 0.15) is 17.4 Å². The Morgan fingerprint density at radius 2 is 1.81 bits per heavy atom. The number of piperazine rings is 1. The van der Waals surface area contributed by atoms with Gasteiger partial charge in [0.25, 0.3) is 5.91 Å². The third-order valence-electron chi connectivity index (χ3n) is 6.17. The Kier molecular flexibility index (Phi) is 9.11. The Labute approximate surface area is 222 Å². The predicted molar refractivity (Wildman–Crippen MR) is 142 cm³/mol. The molecule has 1 aliphatic rings. The molecule has 3 aromatic rings. The lowest BCUT2D eigenvalue weighted by atomic mass is 10.2. The van der Waals surface area contributed by atoms with Gasteiger partial charge in [0.15, 0.2) is 0 Å². The van der Waals surface area contributed by atoms with E-state index in [1.54, 1.807) is 41.4 Å². The molecule has 0 spiro atoms. The van der Waals surface area contributed by atoms with Crippen molar-refractivity contribution in [2.45, 2.75) is 19.6 Å². The molecular formula is C28H31ClN4O4. The van der Waals surface area contributed by atoms with E-state index < -0.39 is 11.9 Å². The summed E-state index contributed by atoms with van der Waals surface area (Å²) in [7, 11) is 2.02. The Hall–Kier alpha value is -3.46. The molecule has 8 nitrogen and oxygen atoms in total. The van der Waals surface area contributed by atoms with Crippen LogP contribution in [0.2, 0.25) is 5.02 Å². The number of benzene rings is 2. The molecule has 2 heterocycles. The average molecular weight is 523 g/mol. The summed E-state index contributed by atoms with van der Waals surface area (Å²) in [5.74, 6) is 0.0368. The summed E-state index contributed by atoms with van der Waals surface area (Å²) in [6.07, 6.45) is 1.55. The first kappa shape index (κ1) is 26.6. The van der Waals surface area contributed by atoms with Gasteiger partial charge in [0.05, 0.1) is 13.2 Å². The van der Waals surface area contributed by atoms with Crippen molar-refractivity contribution in [3.8, 4) is 11.6 Å². The molecule has 4 rings (SSSR count). The number of pyridine rings is 1. The number of nitrogens with one attached hydrogen (secondary N) is 1. The van der Waals surface area contributed by atoms with Crippen LogP contribution in [0.4, 0.5) is 0 Å². The van der Waals surface area contributed by atoms with Gasteiger partial charge in [-0.2, -0.15) is 0 Å². The van der Waals surface area contributed by atoms with E-state index >= 15 is 0 Å². The van der Waals surface area contributed by atoms with E-state index in [2.05, 4.69) is 15.2 Å². The lowest BCUT2D eigenvalue weighted by Crippen LogP contribution is -2.55. The molecule has 2 aromatic carbocycles. The quantitative estimate of drug-likeness (QED) is 0.458. The van der Waals surface area contributed by atoms with Crippen LogP contribution in [-0.2, 0) is 16.1 Å². The van der Waals surface area contributed by atoms with Crippen LogP contribution in [0.25, 0.3) is 0 Å². The predicted octanol–water partition coefficient (Wildman–Crippen LogP) is 3.92. The fraction of sp³-hybridized carbons (Fsp3) is 0.321. The maximum absolute atomic E-state index is 13.4. The van der Waals surface area contributed by atoms with Crippen molar-refractivity contribution in [3.63, 3.8) is 0 Å². The Morgan fingerprint density at radius 1 is 1.05 bits per heavy atom. The molecule has 0 unspecified atom stereocenters. The second kappa shape index (κ2) is 12.7. The second-order valence-corrected chi connectivity index (χ2v) is 9.46. The molecule has 1 fully saturated rings. The molecule has 1 aliphatic heterocycles. The molecule has 37 heavy (non-hydrogen) atoms. The molecule has 1 saturated heterocycles. The van der Waals surface area contributed by atoms with Crippen molar-refractivity contribution in [2.75, 3.05) is 39.8 Å². The molecular weight excluding hydrogens is 492 g/mol. The van der Waals surface area contributed by atoms with Crippen LogP contribution >= 0.6 is 11.6 Å². The third kappa shape index (κ3) is 7.29. The number of carbonyl (C=O) groups excluding carboxylic acids is 2. The standard InChI is InChI=1S/C28H31ClN4O4/c1-20-17-22(29)10-11-25(20)37-27-23(9-6-12-30-27)26(34)31-24(19-36-18-21-7-4-3-5-8-21)28(35)33-15-13-32(2)14-16-33/h3-12,17,24H,13-16,18-19H2,1-2H3,(H,31,34)/t24-/m1/s1. The molecule has 1 atom stereocenters. The number of halogens is 1. The van der Waals surface area contributed by atoms with E-state index in [1.165, 1.54) is 0 Å². The highest BCUT2D eigenvalue weighted by Crippen LogP contribution is 2.28. The van der Waals surface area contributed by atoms with E-state index in [0.29, 0.717) is 30.5 Å². The van der Waals surface area contributed by atoms with Gasteiger partial charge < -0.3 is 24.6 Å². The summed E-state index contributed by atoms with van der Waals surface area (Å²) < 4.78 is 11.8. The van der Waals surface area contributed by atoms with Crippen molar-refractivity contribution in [1.82, 2.24) is 20.1 Å². The largest absolute Gasteiger partial charge is 0.438 e. The first-order valence-corrected chi connectivity index (χ1v) is 12.6. The summed E-state index contributed by atoms with van der Waals surface area (Å²) in [5, 5.41) is 3.46. The number of carbonyl (C=O) groups is 2. The summed E-state index contributed by atoms with van der Waals surface area (Å²) >= 11 is 6.06.